The first-order valence-electron chi connectivity index (χ1n) is 8.58. The highest BCUT2D eigenvalue weighted by Gasteiger charge is 2.19. The third-order valence-electron chi connectivity index (χ3n) is 4.30. The fraction of sp³-hybridized carbons (Fsp3) is 0.381. The van der Waals surface area contributed by atoms with Gasteiger partial charge in [-0.15, -0.1) is 0 Å². The molecule has 0 amide bonds. The van der Waals surface area contributed by atoms with Gasteiger partial charge in [-0.25, -0.2) is 0 Å². The highest BCUT2D eigenvalue weighted by Crippen LogP contribution is 2.17. The number of aliphatic carboxylic acids is 1. The van der Waals surface area contributed by atoms with Gasteiger partial charge in [-0.3, -0.25) is 9.69 Å². The minimum Gasteiger partial charge on any atom is -0.480 e. The monoisotopic (exact) mass is 325 g/mol. The molecule has 0 bridgehead atoms. The number of carboxylic acids is 1. The number of carboxylic acid groups (broad SMARTS) is 1. The molecular weight excluding hydrogens is 298 g/mol. The molecule has 0 heterocycles. The molecule has 2 aromatic carbocycles. The molecule has 0 saturated carbocycles. The van der Waals surface area contributed by atoms with E-state index < -0.39 is 5.97 Å². The third-order valence-corrected chi connectivity index (χ3v) is 4.30. The predicted octanol–water partition coefficient (Wildman–Crippen LogP) is 3.88. The van der Waals surface area contributed by atoms with Crippen LogP contribution in [-0.4, -0.2) is 35.1 Å². The zero-order chi connectivity index (χ0) is 17.4. The summed E-state index contributed by atoms with van der Waals surface area (Å²) in [4.78, 5) is 13.2. The molecule has 128 valence electrons. The van der Waals surface area contributed by atoms with E-state index in [4.69, 9.17) is 0 Å². The predicted molar refractivity (Wildman–Crippen MR) is 98.1 cm³/mol. The zero-order valence-corrected chi connectivity index (χ0v) is 14.6. The zero-order valence-electron chi connectivity index (χ0n) is 14.6. The molecule has 0 radical (unpaired) electrons. The molecule has 0 unspecified atom stereocenters. The maximum absolute atomic E-state index is 11.2. The average Bonchev–Trinajstić information content (AvgIpc) is 2.55. The lowest BCUT2D eigenvalue weighted by Crippen LogP contribution is -2.40. The van der Waals surface area contributed by atoms with Crippen molar-refractivity contribution in [3.8, 4) is 0 Å². The van der Waals surface area contributed by atoms with E-state index >= 15 is 0 Å². The van der Waals surface area contributed by atoms with E-state index in [0.29, 0.717) is 5.92 Å². The van der Waals surface area contributed by atoms with Crippen molar-refractivity contribution >= 4 is 5.97 Å². The van der Waals surface area contributed by atoms with Crippen LogP contribution in [0.25, 0.3) is 0 Å². The molecule has 0 aliphatic carbocycles. The summed E-state index contributed by atoms with van der Waals surface area (Å²) in [5.41, 5.74) is 2.61. The molecule has 2 rings (SSSR count). The quantitative estimate of drug-likeness (QED) is 0.760. The summed E-state index contributed by atoms with van der Waals surface area (Å²) in [6.07, 6.45) is 1.91. The Balaban J connectivity index is 2.12. The number of benzene rings is 2. The smallest absolute Gasteiger partial charge is 0.317 e. The second-order valence-corrected chi connectivity index (χ2v) is 6.66. The van der Waals surface area contributed by atoms with Gasteiger partial charge in [0.05, 0.1) is 6.54 Å². The molecule has 0 aliphatic rings. The number of carbonyl (C=O) groups is 1. The minimum absolute atomic E-state index is 0.0950. The standard InChI is InChI=1S/C21H27NO2/c1-17(2)22(16-21(23)24)15-20(13-18-9-5-3-6-10-18)14-19-11-7-4-8-12-19/h3-12,17,20H,13-16H2,1-2H3,(H,23,24). The van der Waals surface area contributed by atoms with Crippen molar-refractivity contribution in [2.75, 3.05) is 13.1 Å². The van der Waals surface area contributed by atoms with Gasteiger partial charge in [-0.05, 0) is 43.7 Å². The van der Waals surface area contributed by atoms with Crippen molar-refractivity contribution in [2.24, 2.45) is 5.92 Å². The lowest BCUT2D eigenvalue weighted by Gasteiger charge is -2.29. The Morgan fingerprint density at radius 1 is 0.917 bits per heavy atom. The van der Waals surface area contributed by atoms with Crippen molar-refractivity contribution in [2.45, 2.75) is 32.7 Å². The van der Waals surface area contributed by atoms with E-state index in [2.05, 4.69) is 67.3 Å². The van der Waals surface area contributed by atoms with E-state index in [1.165, 1.54) is 11.1 Å². The third kappa shape index (κ3) is 6.17. The Labute approximate surface area is 144 Å². The van der Waals surface area contributed by atoms with Crippen LogP contribution in [0.4, 0.5) is 0 Å². The number of hydrogen-bond donors (Lipinski definition) is 1. The van der Waals surface area contributed by atoms with Gasteiger partial charge in [0.2, 0.25) is 0 Å². The van der Waals surface area contributed by atoms with E-state index in [1.54, 1.807) is 0 Å². The molecule has 2 aromatic rings. The summed E-state index contributed by atoms with van der Waals surface area (Å²) < 4.78 is 0. The van der Waals surface area contributed by atoms with E-state index in [9.17, 15) is 9.90 Å². The lowest BCUT2D eigenvalue weighted by atomic mass is 9.91. The fourth-order valence-electron chi connectivity index (χ4n) is 3.06. The molecule has 3 heteroatoms. The molecule has 0 aliphatic heterocycles. The Morgan fingerprint density at radius 2 is 1.38 bits per heavy atom. The molecule has 0 spiro atoms. The van der Waals surface area contributed by atoms with Gasteiger partial charge < -0.3 is 5.11 Å². The summed E-state index contributed by atoms with van der Waals surface area (Å²) in [7, 11) is 0. The normalized spacial score (nSPS) is 11.4. The molecule has 1 N–H and O–H groups in total. The topological polar surface area (TPSA) is 40.5 Å². The van der Waals surface area contributed by atoms with Crippen LogP contribution < -0.4 is 0 Å². The second-order valence-electron chi connectivity index (χ2n) is 6.66. The first-order chi connectivity index (χ1) is 11.5. The SMILES string of the molecule is CC(C)N(CC(=O)O)CC(Cc1ccccc1)Cc1ccccc1. The van der Waals surface area contributed by atoms with E-state index in [0.717, 1.165) is 19.4 Å². The molecule has 0 aromatic heterocycles. The first kappa shape index (κ1) is 18.2. The van der Waals surface area contributed by atoms with Crippen LogP contribution in [0.3, 0.4) is 0 Å². The van der Waals surface area contributed by atoms with Crippen molar-refractivity contribution in [1.82, 2.24) is 4.90 Å². The Kier molecular flexibility index (Phi) is 7.01. The number of nitrogens with zero attached hydrogens (tertiary/aromatic N) is 1. The Bertz CT molecular complexity index is 569. The maximum atomic E-state index is 11.2. The van der Waals surface area contributed by atoms with Crippen LogP contribution in [0, 0.1) is 5.92 Å². The second kappa shape index (κ2) is 9.24. The van der Waals surface area contributed by atoms with Crippen LogP contribution in [-0.2, 0) is 17.6 Å². The van der Waals surface area contributed by atoms with Crippen molar-refractivity contribution in [1.29, 1.82) is 0 Å². The molecule has 24 heavy (non-hydrogen) atoms. The maximum Gasteiger partial charge on any atom is 0.317 e. The van der Waals surface area contributed by atoms with Gasteiger partial charge in [0.15, 0.2) is 0 Å². The van der Waals surface area contributed by atoms with Crippen molar-refractivity contribution in [3.63, 3.8) is 0 Å². The number of rotatable bonds is 9. The molecule has 0 fully saturated rings. The molecule has 0 atom stereocenters. The highest BCUT2D eigenvalue weighted by molar-refractivity contribution is 5.69. The summed E-state index contributed by atoms with van der Waals surface area (Å²) in [6.45, 7) is 5.00. The van der Waals surface area contributed by atoms with E-state index in [-0.39, 0.29) is 12.6 Å². The van der Waals surface area contributed by atoms with Crippen LogP contribution in [0.5, 0.6) is 0 Å². The summed E-state index contributed by atoms with van der Waals surface area (Å²) in [5, 5.41) is 9.18. The van der Waals surface area contributed by atoms with Crippen LogP contribution in [0.1, 0.15) is 25.0 Å². The molecule has 3 nitrogen and oxygen atoms in total. The molecule has 0 saturated heterocycles. The van der Waals surface area contributed by atoms with Crippen LogP contribution >= 0.6 is 0 Å². The van der Waals surface area contributed by atoms with Crippen LogP contribution in [0.2, 0.25) is 0 Å². The molecular formula is C21H27NO2. The van der Waals surface area contributed by atoms with Gasteiger partial charge in [0.1, 0.15) is 0 Å². The number of hydrogen-bond acceptors (Lipinski definition) is 2. The minimum atomic E-state index is -0.762. The van der Waals surface area contributed by atoms with Gasteiger partial charge in [0.25, 0.3) is 0 Å². The van der Waals surface area contributed by atoms with Gasteiger partial charge >= 0.3 is 5.97 Å². The Hall–Kier alpha value is -2.13. The fourth-order valence-corrected chi connectivity index (χ4v) is 3.06. The van der Waals surface area contributed by atoms with Crippen molar-refractivity contribution < 1.29 is 9.90 Å². The summed E-state index contributed by atoms with van der Waals surface area (Å²) in [5.74, 6) is -0.376. The van der Waals surface area contributed by atoms with Crippen LogP contribution in [0.15, 0.2) is 60.7 Å². The first-order valence-corrected chi connectivity index (χ1v) is 8.58. The summed E-state index contributed by atoms with van der Waals surface area (Å²) >= 11 is 0. The van der Waals surface area contributed by atoms with E-state index in [1.807, 2.05) is 12.1 Å². The average molecular weight is 325 g/mol. The summed E-state index contributed by atoms with van der Waals surface area (Å²) in [6, 6.07) is 21.1. The highest BCUT2D eigenvalue weighted by atomic mass is 16.4. The lowest BCUT2D eigenvalue weighted by molar-refractivity contribution is -0.139. The van der Waals surface area contributed by atoms with Gasteiger partial charge in [-0.2, -0.15) is 0 Å². The van der Waals surface area contributed by atoms with Gasteiger partial charge in [0, 0.05) is 12.6 Å². The largest absolute Gasteiger partial charge is 0.480 e. The Morgan fingerprint density at radius 3 is 1.75 bits per heavy atom. The van der Waals surface area contributed by atoms with Crippen molar-refractivity contribution in [3.05, 3.63) is 71.8 Å². The van der Waals surface area contributed by atoms with Gasteiger partial charge in [-0.1, -0.05) is 60.7 Å².